The van der Waals surface area contributed by atoms with E-state index in [2.05, 4.69) is 12.2 Å². The topological polar surface area (TPSA) is 64.3 Å². The van der Waals surface area contributed by atoms with Gasteiger partial charge in [0.1, 0.15) is 0 Å². The van der Waals surface area contributed by atoms with Gasteiger partial charge in [-0.25, -0.2) is 0 Å². The van der Waals surface area contributed by atoms with Gasteiger partial charge in [-0.3, -0.25) is 4.79 Å². The molecule has 1 rings (SSSR count). The smallest absolute Gasteiger partial charge is 0.240 e. The third kappa shape index (κ3) is 4.28. The molecule has 100 valence electrons. The first-order chi connectivity index (χ1) is 7.98. The molecule has 0 aromatic heterocycles. The lowest BCUT2D eigenvalue weighted by molar-refractivity contribution is -0.128. The second-order valence-corrected chi connectivity index (χ2v) is 5.33. The van der Waals surface area contributed by atoms with Crippen LogP contribution in [0.2, 0.25) is 0 Å². The Morgan fingerprint density at radius 3 is 2.94 bits per heavy atom. The largest absolute Gasteiger partial charge is 0.377 e. The summed E-state index contributed by atoms with van der Waals surface area (Å²) in [6, 6.07) is 0. The SMILES string of the molecule is CCOC(C)CNC(=O)C1(N)CCCC(C)C1. The molecule has 4 heteroatoms. The average molecular weight is 242 g/mol. The highest BCUT2D eigenvalue weighted by Gasteiger charge is 2.37. The van der Waals surface area contributed by atoms with Gasteiger partial charge in [-0.1, -0.05) is 19.8 Å². The quantitative estimate of drug-likeness (QED) is 0.766. The molecule has 0 radical (unpaired) electrons. The summed E-state index contributed by atoms with van der Waals surface area (Å²) in [7, 11) is 0. The summed E-state index contributed by atoms with van der Waals surface area (Å²) in [5.41, 5.74) is 5.54. The van der Waals surface area contributed by atoms with E-state index >= 15 is 0 Å². The summed E-state index contributed by atoms with van der Waals surface area (Å²) in [5, 5.41) is 2.91. The van der Waals surface area contributed by atoms with Crippen LogP contribution in [0.25, 0.3) is 0 Å². The van der Waals surface area contributed by atoms with Gasteiger partial charge in [-0.2, -0.15) is 0 Å². The van der Waals surface area contributed by atoms with Gasteiger partial charge in [-0.15, -0.1) is 0 Å². The van der Waals surface area contributed by atoms with E-state index in [9.17, 15) is 4.79 Å². The molecule has 0 heterocycles. The fourth-order valence-electron chi connectivity index (χ4n) is 2.55. The lowest BCUT2D eigenvalue weighted by atomic mass is 9.76. The molecule has 0 aromatic rings. The van der Waals surface area contributed by atoms with Crippen molar-refractivity contribution in [2.45, 2.75) is 58.1 Å². The standard InChI is InChI=1S/C13H26N2O2/c1-4-17-11(3)9-15-12(16)13(14)7-5-6-10(2)8-13/h10-11H,4-9,14H2,1-3H3,(H,15,16). The summed E-state index contributed by atoms with van der Waals surface area (Å²) in [6.45, 7) is 7.28. The van der Waals surface area contributed by atoms with E-state index in [0.29, 0.717) is 19.1 Å². The van der Waals surface area contributed by atoms with Gasteiger partial charge in [0.2, 0.25) is 5.91 Å². The van der Waals surface area contributed by atoms with Crippen LogP contribution in [0.1, 0.15) is 46.5 Å². The molecule has 3 N–H and O–H groups in total. The Bertz CT molecular complexity index is 258. The predicted octanol–water partition coefficient (Wildman–Crippen LogP) is 1.44. The molecular formula is C13H26N2O2. The van der Waals surface area contributed by atoms with Crippen LogP contribution in [0.4, 0.5) is 0 Å². The van der Waals surface area contributed by atoms with Crippen molar-refractivity contribution in [1.82, 2.24) is 5.32 Å². The van der Waals surface area contributed by atoms with Gasteiger partial charge in [0, 0.05) is 13.2 Å². The fraction of sp³-hybridized carbons (Fsp3) is 0.923. The summed E-state index contributed by atoms with van der Waals surface area (Å²) in [4.78, 5) is 12.1. The zero-order chi connectivity index (χ0) is 12.9. The van der Waals surface area contributed by atoms with Crippen LogP contribution in [-0.4, -0.2) is 30.7 Å². The first kappa shape index (κ1) is 14.5. The number of amides is 1. The fourth-order valence-corrected chi connectivity index (χ4v) is 2.55. The lowest BCUT2D eigenvalue weighted by Crippen LogP contribution is -2.57. The van der Waals surface area contributed by atoms with E-state index in [1.54, 1.807) is 0 Å². The van der Waals surface area contributed by atoms with Gasteiger partial charge >= 0.3 is 0 Å². The molecule has 0 aromatic carbocycles. The number of carbonyl (C=O) groups excluding carboxylic acids is 1. The highest BCUT2D eigenvalue weighted by atomic mass is 16.5. The van der Waals surface area contributed by atoms with E-state index in [4.69, 9.17) is 10.5 Å². The maximum absolute atomic E-state index is 12.1. The molecule has 1 fully saturated rings. The summed E-state index contributed by atoms with van der Waals surface area (Å²) in [6.07, 6.45) is 3.87. The second-order valence-electron chi connectivity index (χ2n) is 5.33. The third-order valence-corrected chi connectivity index (χ3v) is 3.49. The summed E-state index contributed by atoms with van der Waals surface area (Å²) >= 11 is 0. The van der Waals surface area contributed by atoms with E-state index in [1.165, 1.54) is 6.42 Å². The third-order valence-electron chi connectivity index (χ3n) is 3.49. The van der Waals surface area contributed by atoms with E-state index < -0.39 is 5.54 Å². The Labute approximate surface area is 104 Å². The van der Waals surface area contributed by atoms with Crippen LogP contribution in [0.15, 0.2) is 0 Å². The summed E-state index contributed by atoms with van der Waals surface area (Å²) < 4.78 is 5.38. The van der Waals surface area contributed by atoms with E-state index in [-0.39, 0.29) is 12.0 Å². The van der Waals surface area contributed by atoms with Gasteiger partial charge in [0.15, 0.2) is 0 Å². The highest BCUT2D eigenvalue weighted by molar-refractivity contribution is 5.86. The maximum atomic E-state index is 12.1. The number of rotatable bonds is 5. The van der Waals surface area contributed by atoms with Crippen molar-refractivity contribution in [3.05, 3.63) is 0 Å². The summed E-state index contributed by atoms with van der Waals surface area (Å²) in [5.74, 6) is 0.527. The molecule has 1 aliphatic rings. The zero-order valence-electron chi connectivity index (χ0n) is 11.3. The number of nitrogens with two attached hydrogens (primary N) is 1. The van der Waals surface area contributed by atoms with Gasteiger partial charge < -0.3 is 15.8 Å². The van der Waals surface area contributed by atoms with Crippen molar-refractivity contribution >= 4 is 5.91 Å². The second kappa shape index (κ2) is 6.36. The molecule has 0 aliphatic heterocycles. The zero-order valence-corrected chi connectivity index (χ0v) is 11.3. The molecular weight excluding hydrogens is 216 g/mol. The van der Waals surface area contributed by atoms with Crippen LogP contribution in [0.5, 0.6) is 0 Å². The van der Waals surface area contributed by atoms with Crippen molar-refractivity contribution in [3.8, 4) is 0 Å². The van der Waals surface area contributed by atoms with Crippen molar-refractivity contribution in [1.29, 1.82) is 0 Å². The molecule has 17 heavy (non-hydrogen) atoms. The molecule has 1 amide bonds. The number of hydrogen-bond acceptors (Lipinski definition) is 3. The molecule has 4 nitrogen and oxygen atoms in total. The van der Waals surface area contributed by atoms with E-state index in [0.717, 1.165) is 19.3 Å². The molecule has 0 saturated heterocycles. The molecule has 0 bridgehead atoms. The molecule has 3 unspecified atom stereocenters. The molecule has 3 atom stereocenters. The number of nitrogens with one attached hydrogen (secondary N) is 1. The molecule has 1 aliphatic carbocycles. The minimum absolute atomic E-state index is 0.0180. The molecule has 0 spiro atoms. The van der Waals surface area contributed by atoms with Crippen LogP contribution < -0.4 is 11.1 Å². The minimum atomic E-state index is -0.663. The van der Waals surface area contributed by atoms with Crippen molar-refractivity contribution in [2.75, 3.05) is 13.2 Å². The van der Waals surface area contributed by atoms with Crippen LogP contribution in [0.3, 0.4) is 0 Å². The van der Waals surface area contributed by atoms with Crippen molar-refractivity contribution in [2.24, 2.45) is 11.7 Å². The minimum Gasteiger partial charge on any atom is -0.377 e. The molecule has 1 saturated carbocycles. The average Bonchev–Trinajstić information content (AvgIpc) is 2.26. The number of carbonyl (C=O) groups is 1. The monoisotopic (exact) mass is 242 g/mol. The Balaban J connectivity index is 2.40. The van der Waals surface area contributed by atoms with Gasteiger partial charge in [0.05, 0.1) is 11.6 Å². The number of hydrogen-bond donors (Lipinski definition) is 2. The first-order valence-electron chi connectivity index (χ1n) is 6.66. The number of ether oxygens (including phenoxy) is 1. The van der Waals surface area contributed by atoms with Crippen molar-refractivity contribution in [3.63, 3.8) is 0 Å². The Morgan fingerprint density at radius 2 is 2.35 bits per heavy atom. The maximum Gasteiger partial charge on any atom is 0.240 e. The normalized spacial score (nSPS) is 30.9. The van der Waals surface area contributed by atoms with E-state index in [1.807, 2.05) is 13.8 Å². The lowest BCUT2D eigenvalue weighted by Gasteiger charge is -2.35. The van der Waals surface area contributed by atoms with Crippen molar-refractivity contribution < 1.29 is 9.53 Å². The van der Waals surface area contributed by atoms with Crippen LogP contribution in [0, 0.1) is 5.92 Å². The predicted molar refractivity (Wildman–Crippen MR) is 68.6 cm³/mol. The Hall–Kier alpha value is -0.610. The highest BCUT2D eigenvalue weighted by Crippen LogP contribution is 2.30. The van der Waals surface area contributed by atoms with Crippen LogP contribution >= 0.6 is 0 Å². The van der Waals surface area contributed by atoms with Gasteiger partial charge in [0.25, 0.3) is 0 Å². The Morgan fingerprint density at radius 1 is 1.65 bits per heavy atom. The Kier molecular flexibility index (Phi) is 5.40. The first-order valence-corrected chi connectivity index (χ1v) is 6.66. The van der Waals surface area contributed by atoms with Gasteiger partial charge in [-0.05, 0) is 32.6 Å². The van der Waals surface area contributed by atoms with Crippen LogP contribution in [-0.2, 0) is 9.53 Å².